The van der Waals surface area contributed by atoms with Crippen LogP contribution < -0.4 is 4.74 Å². The summed E-state index contributed by atoms with van der Waals surface area (Å²) in [4.78, 5) is 14.6. The molecule has 0 spiro atoms. The van der Waals surface area contributed by atoms with E-state index in [2.05, 4.69) is 0 Å². The van der Waals surface area contributed by atoms with E-state index in [-0.39, 0.29) is 18.5 Å². The van der Waals surface area contributed by atoms with Crippen LogP contribution >= 0.6 is 0 Å². The molecule has 0 radical (unpaired) electrons. The monoisotopic (exact) mass is 387 g/mol. The minimum Gasteiger partial charge on any atom is -0.497 e. The number of benzene rings is 2. The molecule has 0 aromatic heterocycles. The number of cyclic esters (lactones) is 1. The fourth-order valence-electron chi connectivity index (χ4n) is 3.73. The standard InChI is InChI=1S/C22H26FNO4/c1-16(17-4-10-20(27-2)11-5-17)24-14-13-22(12-3-15-25,28-21(24)26)18-6-8-19(23)9-7-18/h4-11,16,25H,3,12-15H2,1-2H3. The summed E-state index contributed by atoms with van der Waals surface area (Å²) in [5.41, 5.74) is 0.902. The molecule has 6 heteroatoms. The lowest BCUT2D eigenvalue weighted by Crippen LogP contribution is -2.48. The van der Waals surface area contributed by atoms with Crippen molar-refractivity contribution in [2.45, 2.75) is 37.8 Å². The van der Waals surface area contributed by atoms with E-state index in [1.165, 1.54) is 12.1 Å². The normalized spacial score (nSPS) is 20.6. The first kappa shape index (κ1) is 20.1. The molecule has 0 bridgehead atoms. The Hall–Kier alpha value is -2.60. The molecule has 0 saturated carbocycles. The van der Waals surface area contributed by atoms with Gasteiger partial charge in [0.25, 0.3) is 0 Å². The maximum absolute atomic E-state index is 13.4. The largest absolute Gasteiger partial charge is 0.497 e. The number of amides is 1. The van der Waals surface area contributed by atoms with E-state index >= 15 is 0 Å². The molecule has 3 rings (SSSR count). The second kappa shape index (κ2) is 8.61. The molecule has 1 amide bonds. The molecule has 28 heavy (non-hydrogen) atoms. The van der Waals surface area contributed by atoms with Crippen molar-refractivity contribution in [1.29, 1.82) is 0 Å². The number of aliphatic hydroxyl groups excluding tert-OH is 1. The number of hydrogen-bond acceptors (Lipinski definition) is 4. The Balaban J connectivity index is 1.80. The first-order valence-corrected chi connectivity index (χ1v) is 9.49. The number of nitrogens with zero attached hydrogens (tertiary/aromatic N) is 1. The summed E-state index contributed by atoms with van der Waals surface area (Å²) in [6, 6.07) is 13.5. The first-order chi connectivity index (χ1) is 13.5. The van der Waals surface area contributed by atoms with Gasteiger partial charge in [0.2, 0.25) is 0 Å². The molecule has 2 atom stereocenters. The van der Waals surface area contributed by atoms with Gasteiger partial charge in [-0.3, -0.25) is 0 Å². The number of ether oxygens (including phenoxy) is 2. The third-order valence-electron chi connectivity index (χ3n) is 5.45. The molecule has 0 aliphatic carbocycles. The van der Waals surface area contributed by atoms with Crippen LogP contribution in [0.5, 0.6) is 5.75 Å². The second-order valence-electron chi connectivity index (χ2n) is 7.09. The maximum Gasteiger partial charge on any atom is 0.411 e. The van der Waals surface area contributed by atoms with E-state index in [1.807, 2.05) is 31.2 Å². The van der Waals surface area contributed by atoms with Crippen molar-refractivity contribution in [1.82, 2.24) is 4.90 Å². The van der Waals surface area contributed by atoms with Crippen LogP contribution in [0.4, 0.5) is 9.18 Å². The molecule has 1 aliphatic heterocycles. The highest BCUT2D eigenvalue weighted by molar-refractivity contribution is 5.70. The van der Waals surface area contributed by atoms with E-state index in [4.69, 9.17) is 9.47 Å². The number of rotatable bonds is 7. The van der Waals surface area contributed by atoms with Gasteiger partial charge >= 0.3 is 6.09 Å². The Morgan fingerprint density at radius 2 is 1.89 bits per heavy atom. The van der Waals surface area contributed by atoms with Gasteiger partial charge in [0.05, 0.1) is 13.2 Å². The van der Waals surface area contributed by atoms with Crippen LogP contribution in [0.15, 0.2) is 48.5 Å². The van der Waals surface area contributed by atoms with Crippen molar-refractivity contribution in [3.63, 3.8) is 0 Å². The van der Waals surface area contributed by atoms with Gasteiger partial charge in [-0.2, -0.15) is 0 Å². The molecule has 1 saturated heterocycles. The van der Waals surface area contributed by atoms with Crippen LogP contribution in [-0.4, -0.2) is 36.4 Å². The molecule has 1 heterocycles. The van der Waals surface area contributed by atoms with Gasteiger partial charge in [-0.25, -0.2) is 9.18 Å². The predicted octanol–water partition coefficient (Wildman–Crippen LogP) is 4.41. The van der Waals surface area contributed by atoms with Crippen molar-refractivity contribution in [2.24, 2.45) is 0 Å². The number of carbonyl (C=O) groups is 1. The van der Waals surface area contributed by atoms with Crippen molar-refractivity contribution in [3.05, 3.63) is 65.5 Å². The van der Waals surface area contributed by atoms with Crippen LogP contribution in [0.2, 0.25) is 0 Å². The summed E-state index contributed by atoms with van der Waals surface area (Å²) in [5.74, 6) is 0.425. The minimum absolute atomic E-state index is 0.00641. The Kier molecular flexibility index (Phi) is 6.19. The average molecular weight is 387 g/mol. The lowest BCUT2D eigenvalue weighted by molar-refractivity contribution is -0.0680. The lowest BCUT2D eigenvalue weighted by atomic mass is 9.84. The van der Waals surface area contributed by atoms with E-state index in [0.717, 1.165) is 16.9 Å². The predicted molar refractivity (Wildman–Crippen MR) is 104 cm³/mol. The number of methoxy groups -OCH3 is 1. The molecule has 2 aromatic carbocycles. The summed E-state index contributed by atoms with van der Waals surface area (Å²) >= 11 is 0. The molecule has 1 N–H and O–H groups in total. The summed E-state index contributed by atoms with van der Waals surface area (Å²) < 4.78 is 24.5. The van der Waals surface area contributed by atoms with Gasteiger partial charge in [0.1, 0.15) is 17.2 Å². The number of halogens is 1. The summed E-state index contributed by atoms with van der Waals surface area (Å²) in [6.07, 6.45) is 1.16. The quantitative estimate of drug-likeness (QED) is 0.765. The summed E-state index contributed by atoms with van der Waals surface area (Å²) in [5, 5.41) is 9.28. The topological polar surface area (TPSA) is 59.0 Å². The molecule has 1 aliphatic rings. The molecule has 2 aromatic rings. The smallest absolute Gasteiger partial charge is 0.411 e. The second-order valence-corrected chi connectivity index (χ2v) is 7.09. The van der Waals surface area contributed by atoms with E-state index in [1.54, 1.807) is 24.1 Å². The number of carbonyl (C=O) groups excluding carboxylic acids is 1. The third-order valence-corrected chi connectivity index (χ3v) is 5.45. The van der Waals surface area contributed by atoms with E-state index in [0.29, 0.717) is 25.8 Å². The molecule has 150 valence electrons. The van der Waals surface area contributed by atoms with Gasteiger partial charge in [0, 0.05) is 19.6 Å². The molecule has 2 unspecified atom stereocenters. The van der Waals surface area contributed by atoms with Gasteiger partial charge in [-0.05, 0) is 55.2 Å². The Bertz CT molecular complexity index is 793. The highest BCUT2D eigenvalue weighted by Crippen LogP contribution is 2.40. The van der Waals surface area contributed by atoms with E-state index in [9.17, 15) is 14.3 Å². The Morgan fingerprint density at radius 3 is 2.46 bits per heavy atom. The Morgan fingerprint density at radius 1 is 1.21 bits per heavy atom. The first-order valence-electron chi connectivity index (χ1n) is 9.49. The van der Waals surface area contributed by atoms with Crippen molar-refractivity contribution in [3.8, 4) is 5.75 Å². The van der Waals surface area contributed by atoms with Crippen molar-refractivity contribution in [2.75, 3.05) is 20.3 Å². The van der Waals surface area contributed by atoms with Gasteiger partial charge < -0.3 is 19.5 Å². The van der Waals surface area contributed by atoms with Gasteiger partial charge in [-0.15, -0.1) is 0 Å². The zero-order valence-electron chi connectivity index (χ0n) is 16.2. The van der Waals surface area contributed by atoms with Gasteiger partial charge in [0.15, 0.2) is 0 Å². The SMILES string of the molecule is COc1ccc(C(C)N2CCC(CCCO)(c3ccc(F)cc3)OC2=O)cc1. The van der Waals surface area contributed by atoms with Crippen molar-refractivity contribution >= 4 is 6.09 Å². The highest BCUT2D eigenvalue weighted by Gasteiger charge is 2.43. The average Bonchev–Trinajstić information content (AvgIpc) is 2.72. The van der Waals surface area contributed by atoms with Crippen LogP contribution in [-0.2, 0) is 10.3 Å². The highest BCUT2D eigenvalue weighted by atomic mass is 19.1. The maximum atomic E-state index is 13.4. The summed E-state index contributed by atoms with van der Waals surface area (Å²) in [7, 11) is 1.61. The number of hydrogen-bond donors (Lipinski definition) is 1. The van der Waals surface area contributed by atoms with Crippen LogP contribution in [0.25, 0.3) is 0 Å². The molecular weight excluding hydrogens is 361 g/mol. The zero-order chi connectivity index (χ0) is 20.1. The van der Waals surface area contributed by atoms with Crippen LogP contribution in [0.1, 0.15) is 43.4 Å². The summed E-state index contributed by atoms with van der Waals surface area (Å²) in [6.45, 7) is 2.48. The zero-order valence-corrected chi connectivity index (χ0v) is 16.2. The van der Waals surface area contributed by atoms with E-state index < -0.39 is 11.7 Å². The molecular formula is C22H26FNO4. The van der Waals surface area contributed by atoms with Gasteiger partial charge in [-0.1, -0.05) is 24.3 Å². The molecule has 5 nitrogen and oxygen atoms in total. The third kappa shape index (κ3) is 4.12. The lowest BCUT2D eigenvalue weighted by Gasteiger charge is -2.43. The minimum atomic E-state index is -0.844. The fraction of sp³-hybridized carbons (Fsp3) is 0.409. The van der Waals surface area contributed by atoms with Crippen LogP contribution in [0.3, 0.4) is 0 Å². The Labute approximate surface area is 164 Å². The van der Waals surface area contributed by atoms with Crippen LogP contribution in [0, 0.1) is 5.82 Å². The van der Waals surface area contributed by atoms with Crippen molar-refractivity contribution < 1.29 is 23.8 Å². The molecule has 1 fully saturated rings. The fourth-order valence-corrected chi connectivity index (χ4v) is 3.73. The number of aliphatic hydroxyl groups is 1.